The number of rotatable bonds is 12. The summed E-state index contributed by atoms with van der Waals surface area (Å²) in [4.78, 5) is 2.08. The highest BCUT2D eigenvalue weighted by molar-refractivity contribution is 5.35. The maximum Gasteiger partial charge on any atom is 0.122 e. The lowest BCUT2D eigenvalue weighted by molar-refractivity contribution is 0.0741. The number of ether oxygens (including phenoxy) is 3. The summed E-state index contributed by atoms with van der Waals surface area (Å²) in [6.07, 6.45) is -0.549. The van der Waals surface area contributed by atoms with Crippen molar-refractivity contribution in [3.05, 3.63) is 59.2 Å². The quantitative estimate of drug-likeness (QED) is 0.564. The fourth-order valence-electron chi connectivity index (χ4n) is 2.99. The Kier molecular flexibility index (Phi) is 9.28. The Morgan fingerprint density at radius 3 is 2.43 bits per heavy atom. The molecule has 0 fully saturated rings. The molecule has 0 spiro atoms. The Balaban J connectivity index is 1.72. The third-order valence-corrected chi connectivity index (χ3v) is 4.36. The molecule has 0 saturated carbocycles. The Labute approximate surface area is 168 Å². The van der Waals surface area contributed by atoms with Gasteiger partial charge in [-0.05, 0) is 57.1 Å². The third-order valence-electron chi connectivity index (χ3n) is 4.36. The minimum absolute atomic E-state index is 0.279. The smallest absolute Gasteiger partial charge is 0.122 e. The van der Waals surface area contributed by atoms with Crippen molar-refractivity contribution >= 4 is 0 Å². The summed E-state index contributed by atoms with van der Waals surface area (Å²) in [7, 11) is 1.99. The molecule has 1 atom stereocenters. The molecule has 0 aliphatic carbocycles. The van der Waals surface area contributed by atoms with E-state index < -0.39 is 6.10 Å². The molecule has 2 aromatic carbocycles. The van der Waals surface area contributed by atoms with Crippen LogP contribution >= 0.6 is 0 Å². The first-order chi connectivity index (χ1) is 13.5. The van der Waals surface area contributed by atoms with Crippen LogP contribution in [0, 0.1) is 13.8 Å². The Bertz CT molecular complexity index is 702. The molecule has 28 heavy (non-hydrogen) atoms. The summed E-state index contributed by atoms with van der Waals surface area (Å²) in [5.41, 5.74) is 3.46. The number of benzene rings is 2. The van der Waals surface area contributed by atoms with Crippen LogP contribution in [0.15, 0.2) is 42.5 Å². The van der Waals surface area contributed by atoms with Crippen molar-refractivity contribution in [1.29, 1.82) is 0 Å². The summed E-state index contributed by atoms with van der Waals surface area (Å²) >= 11 is 0. The number of hydrogen-bond donors (Lipinski definition) is 1. The lowest BCUT2D eigenvalue weighted by Crippen LogP contribution is -2.32. The first kappa shape index (κ1) is 22.2. The van der Waals surface area contributed by atoms with Gasteiger partial charge in [0.1, 0.15) is 30.8 Å². The van der Waals surface area contributed by atoms with Crippen molar-refractivity contribution in [3.63, 3.8) is 0 Å². The van der Waals surface area contributed by atoms with E-state index in [4.69, 9.17) is 14.2 Å². The minimum atomic E-state index is -0.549. The zero-order valence-electron chi connectivity index (χ0n) is 17.5. The second kappa shape index (κ2) is 11.7. The lowest BCUT2D eigenvalue weighted by atomic mass is 10.1. The highest BCUT2D eigenvalue weighted by atomic mass is 16.5. The fourth-order valence-corrected chi connectivity index (χ4v) is 2.99. The topological polar surface area (TPSA) is 51.2 Å². The van der Waals surface area contributed by atoms with E-state index in [1.54, 1.807) is 0 Å². The van der Waals surface area contributed by atoms with E-state index >= 15 is 0 Å². The second-order valence-electron chi connectivity index (χ2n) is 7.12. The van der Waals surface area contributed by atoms with Crippen LogP contribution in [-0.2, 0) is 11.3 Å². The fraction of sp³-hybridized carbons (Fsp3) is 0.478. The summed E-state index contributed by atoms with van der Waals surface area (Å²) in [5.74, 6) is 1.67. The molecule has 0 amide bonds. The molecule has 0 heterocycles. The van der Waals surface area contributed by atoms with E-state index in [0.717, 1.165) is 23.6 Å². The minimum Gasteiger partial charge on any atom is -0.491 e. The number of likely N-dealkylation sites (N-methyl/N-ethyl adjacent to an activating group) is 1. The van der Waals surface area contributed by atoms with Gasteiger partial charge in [0, 0.05) is 19.7 Å². The molecule has 1 N–H and O–H groups in total. The molecule has 0 saturated heterocycles. The second-order valence-corrected chi connectivity index (χ2v) is 7.12. The Morgan fingerprint density at radius 2 is 1.75 bits per heavy atom. The van der Waals surface area contributed by atoms with Crippen LogP contribution in [0.1, 0.15) is 23.6 Å². The van der Waals surface area contributed by atoms with Crippen LogP contribution in [-0.4, -0.2) is 56.1 Å². The SMILES string of the molecule is CCOCCOc1ccc(CN(C)C[C@H](O)COc2ccc(C)cc2C)cc1. The molecule has 0 aromatic heterocycles. The van der Waals surface area contributed by atoms with Crippen LogP contribution < -0.4 is 9.47 Å². The number of aliphatic hydroxyl groups excluding tert-OH is 1. The molecule has 154 valence electrons. The maximum atomic E-state index is 10.3. The van der Waals surface area contributed by atoms with E-state index in [9.17, 15) is 5.11 Å². The Hall–Kier alpha value is -2.08. The molecule has 0 unspecified atom stereocenters. The van der Waals surface area contributed by atoms with E-state index in [0.29, 0.717) is 26.4 Å². The number of aryl methyl sites for hydroxylation is 2. The van der Waals surface area contributed by atoms with Gasteiger partial charge in [0.25, 0.3) is 0 Å². The van der Waals surface area contributed by atoms with Gasteiger partial charge in [0.05, 0.1) is 6.61 Å². The van der Waals surface area contributed by atoms with Gasteiger partial charge in [-0.1, -0.05) is 29.8 Å². The summed E-state index contributed by atoms with van der Waals surface area (Å²) in [5, 5.41) is 10.3. The van der Waals surface area contributed by atoms with Crippen LogP contribution in [0.5, 0.6) is 11.5 Å². The van der Waals surface area contributed by atoms with Gasteiger partial charge in [0.15, 0.2) is 0 Å². The summed E-state index contributed by atoms with van der Waals surface area (Å²) < 4.78 is 16.7. The van der Waals surface area contributed by atoms with Gasteiger partial charge in [-0.25, -0.2) is 0 Å². The molecule has 2 rings (SSSR count). The molecule has 0 aliphatic rings. The van der Waals surface area contributed by atoms with Gasteiger partial charge < -0.3 is 19.3 Å². The largest absolute Gasteiger partial charge is 0.491 e. The zero-order valence-corrected chi connectivity index (χ0v) is 17.5. The third kappa shape index (κ3) is 7.89. The number of nitrogens with zero attached hydrogens (tertiary/aromatic N) is 1. The monoisotopic (exact) mass is 387 g/mol. The molecule has 0 aliphatic heterocycles. The Morgan fingerprint density at radius 1 is 1.00 bits per heavy atom. The molecular formula is C23H33NO4. The van der Waals surface area contributed by atoms with Gasteiger partial charge in [-0.15, -0.1) is 0 Å². The van der Waals surface area contributed by atoms with Crippen molar-refractivity contribution < 1.29 is 19.3 Å². The first-order valence-electron chi connectivity index (χ1n) is 9.84. The van der Waals surface area contributed by atoms with Gasteiger partial charge >= 0.3 is 0 Å². The van der Waals surface area contributed by atoms with Crippen molar-refractivity contribution in [1.82, 2.24) is 4.90 Å². The van der Waals surface area contributed by atoms with Crippen molar-refractivity contribution in [2.45, 2.75) is 33.4 Å². The van der Waals surface area contributed by atoms with E-state index in [-0.39, 0.29) is 6.61 Å². The first-order valence-corrected chi connectivity index (χ1v) is 9.84. The molecule has 5 nitrogen and oxygen atoms in total. The van der Waals surface area contributed by atoms with E-state index in [1.807, 2.05) is 57.3 Å². The molecule has 0 radical (unpaired) electrons. The lowest BCUT2D eigenvalue weighted by Gasteiger charge is -2.21. The van der Waals surface area contributed by atoms with Gasteiger partial charge in [-0.3, -0.25) is 4.90 Å². The zero-order chi connectivity index (χ0) is 20.4. The molecule has 5 heteroatoms. The van der Waals surface area contributed by atoms with Crippen LogP contribution in [0.3, 0.4) is 0 Å². The van der Waals surface area contributed by atoms with Crippen LogP contribution in [0.2, 0.25) is 0 Å². The highest BCUT2D eigenvalue weighted by Gasteiger charge is 2.11. The van der Waals surface area contributed by atoms with Gasteiger partial charge in [-0.2, -0.15) is 0 Å². The molecule has 0 bridgehead atoms. The van der Waals surface area contributed by atoms with Crippen molar-refractivity contribution in [2.75, 3.05) is 40.0 Å². The molecule has 2 aromatic rings. The van der Waals surface area contributed by atoms with E-state index in [1.165, 1.54) is 11.1 Å². The van der Waals surface area contributed by atoms with Crippen LogP contribution in [0.4, 0.5) is 0 Å². The van der Waals surface area contributed by atoms with Crippen molar-refractivity contribution in [2.24, 2.45) is 0 Å². The van der Waals surface area contributed by atoms with E-state index in [2.05, 4.69) is 17.9 Å². The maximum absolute atomic E-state index is 10.3. The predicted octanol–water partition coefficient (Wildman–Crippen LogP) is 3.59. The normalized spacial score (nSPS) is 12.2. The number of hydrogen-bond acceptors (Lipinski definition) is 5. The summed E-state index contributed by atoms with van der Waals surface area (Å²) in [6, 6.07) is 14.1. The standard InChI is InChI=1S/C23H33NO4/c1-5-26-12-13-27-22-9-7-20(8-10-22)15-24(4)16-21(25)17-28-23-11-6-18(2)14-19(23)3/h6-11,14,21,25H,5,12-13,15-17H2,1-4H3/t21-/m0/s1. The highest BCUT2D eigenvalue weighted by Crippen LogP contribution is 2.19. The number of aliphatic hydroxyl groups is 1. The summed E-state index contributed by atoms with van der Waals surface area (Å²) in [6.45, 7) is 9.47. The average Bonchev–Trinajstić information content (AvgIpc) is 2.66. The predicted molar refractivity (Wildman–Crippen MR) is 112 cm³/mol. The van der Waals surface area contributed by atoms with Crippen molar-refractivity contribution in [3.8, 4) is 11.5 Å². The van der Waals surface area contributed by atoms with Gasteiger partial charge in [0.2, 0.25) is 0 Å². The molecular weight excluding hydrogens is 354 g/mol. The average molecular weight is 388 g/mol. The van der Waals surface area contributed by atoms with Crippen LogP contribution in [0.25, 0.3) is 0 Å².